The fraction of sp³-hybridized carbons (Fsp3) is 0.235. The standard InChI is InChI=1S/C17H19N3O2/c1-12-6-7-13(2)16(9-12)22-11-17(21)20-19-14(3)15-5-4-8-18-10-15/h4-10H,11H2,1-3H3,(H,20,21)/b19-14+. The molecule has 2 rings (SSSR count). The predicted octanol–water partition coefficient (Wildman–Crippen LogP) is 2.62. The summed E-state index contributed by atoms with van der Waals surface area (Å²) in [5.41, 5.74) is 6.11. The molecule has 0 saturated carbocycles. The second-order valence-corrected chi connectivity index (χ2v) is 5.03. The molecule has 114 valence electrons. The maximum atomic E-state index is 11.8. The lowest BCUT2D eigenvalue weighted by Crippen LogP contribution is -2.25. The quantitative estimate of drug-likeness (QED) is 0.681. The minimum Gasteiger partial charge on any atom is -0.483 e. The number of pyridine rings is 1. The minimum atomic E-state index is -0.302. The van der Waals surface area contributed by atoms with Gasteiger partial charge in [-0.25, -0.2) is 5.43 Å². The monoisotopic (exact) mass is 297 g/mol. The number of ether oxygens (including phenoxy) is 1. The Morgan fingerprint density at radius 3 is 2.86 bits per heavy atom. The largest absolute Gasteiger partial charge is 0.483 e. The first kappa shape index (κ1) is 15.7. The first-order valence-corrected chi connectivity index (χ1v) is 7.00. The molecule has 1 heterocycles. The van der Waals surface area contributed by atoms with Gasteiger partial charge in [0, 0.05) is 18.0 Å². The fourth-order valence-corrected chi connectivity index (χ4v) is 1.83. The summed E-state index contributed by atoms with van der Waals surface area (Å²) in [5.74, 6) is 0.409. The van der Waals surface area contributed by atoms with Crippen LogP contribution in [-0.4, -0.2) is 23.2 Å². The molecule has 0 unspecified atom stereocenters. The average molecular weight is 297 g/mol. The summed E-state index contributed by atoms with van der Waals surface area (Å²) in [6.07, 6.45) is 3.38. The van der Waals surface area contributed by atoms with Gasteiger partial charge in [-0.3, -0.25) is 9.78 Å². The lowest BCUT2D eigenvalue weighted by atomic mass is 10.1. The number of hydrazone groups is 1. The molecule has 22 heavy (non-hydrogen) atoms. The zero-order chi connectivity index (χ0) is 15.9. The average Bonchev–Trinajstić information content (AvgIpc) is 2.54. The first-order valence-electron chi connectivity index (χ1n) is 7.00. The van der Waals surface area contributed by atoms with Crippen LogP contribution in [0.2, 0.25) is 0 Å². The number of hydrogen-bond donors (Lipinski definition) is 1. The highest BCUT2D eigenvalue weighted by molar-refractivity contribution is 5.98. The highest BCUT2D eigenvalue weighted by Crippen LogP contribution is 2.18. The van der Waals surface area contributed by atoms with Crippen molar-refractivity contribution in [3.05, 3.63) is 59.4 Å². The van der Waals surface area contributed by atoms with Crippen LogP contribution in [0.3, 0.4) is 0 Å². The third-order valence-electron chi connectivity index (χ3n) is 3.13. The number of aryl methyl sites for hydroxylation is 2. The number of nitrogens with zero attached hydrogens (tertiary/aromatic N) is 2. The van der Waals surface area contributed by atoms with Crippen LogP contribution < -0.4 is 10.2 Å². The lowest BCUT2D eigenvalue weighted by Gasteiger charge is -2.09. The number of carbonyl (C=O) groups is 1. The van der Waals surface area contributed by atoms with Crippen molar-refractivity contribution in [2.24, 2.45) is 5.10 Å². The first-order chi connectivity index (χ1) is 10.6. The van der Waals surface area contributed by atoms with E-state index in [9.17, 15) is 4.79 Å². The van der Waals surface area contributed by atoms with Crippen LogP contribution in [0, 0.1) is 13.8 Å². The molecule has 0 saturated heterocycles. The van der Waals surface area contributed by atoms with Gasteiger partial charge >= 0.3 is 0 Å². The Morgan fingerprint density at radius 2 is 2.14 bits per heavy atom. The smallest absolute Gasteiger partial charge is 0.277 e. The highest BCUT2D eigenvalue weighted by atomic mass is 16.5. The third-order valence-corrected chi connectivity index (χ3v) is 3.13. The molecule has 0 aliphatic heterocycles. The number of aromatic nitrogens is 1. The summed E-state index contributed by atoms with van der Waals surface area (Å²) in [6, 6.07) is 9.58. The van der Waals surface area contributed by atoms with E-state index < -0.39 is 0 Å². The minimum absolute atomic E-state index is 0.0753. The van der Waals surface area contributed by atoms with Gasteiger partial charge in [0.05, 0.1) is 5.71 Å². The SMILES string of the molecule is C/C(=N\NC(=O)COc1cc(C)ccc1C)c1cccnc1. The summed E-state index contributed by atoms with van der Waals surface area (Å²) in [6.45, 7) is 5.66. The Bertz CT molecular complexity index is 682. The normalized spacial score (nSPS) is 11.1. The molecule has 0 aliphatic carbocycles. The van der Waals surface area contributed by atoms with Gasteiger partial charge in [0.1, 0.15) is 5.75 Å². The van der Waals surface area contributed by atoms with E-state index in [2.05, 4.69) is 15.5 Å². The molecule has 5 heteroatoms. The zero-order valence-electron chi connectivity index (χ0n) is 13.0. The number of amides is 1. The van der Waals surface area contributed by atoms with Crippen molar-refractivity contribution in [1.29, 1.82) is 0 Å². The topological polar surface area (TPSA) is 63.6 Å². The Hall–Kier alpha value is -2.69. The molecule has 0 spiro atoms. The molecule has 0 fully saturated rings. The van der Waals surface area contributed by atoms with E-state index in [-0.39, 0.29) is 12.5 Å². The second kappa shape index (κ2) is 7.36. The molecule has 0 radical (unpaired) electrons. The van der Waals surface area contributed by atoms with Crippen molar-refractivity contribution >= 4 is 11.6 Å². The van der Waals surface area contributed by atoms with E-state index in [0.717, 1.165) is 16.7 Å². The molecule has 0 atom stereocenters. The Balaban J connectivity index is 1.89. The molecule has 1 aromatic carbocycles. The number of rotatable bonds is 5. The van der Waals surface area contributed by atoms with E-state index in [4.69, 9.17) is 4.74 Å². The number of nitrogens with one attached hydrogen (secondary N) is 1. The van der Waals surface area contributed by atoms with Crippen LogP contribution >= 0.6 is 0 Å². The fourth-order valence-electron chi connectivity index (χ4n) is 1.83. The molecule has 0 aliphatic rings. The van der Waals surface area contributed by atoms with Crippen LogP contribution in [0.15, 0.2) is 47.8 Å². The maximum Gasteiger partial charge on any atom is 0.277 e. The molecular formula is C17H19N3O2. The predicted molar refractivity (Wildman–Crippen MR) is 86.0 cm³/mol. The van der Waals surface area contributed by atoms with Crippen molar-refractivity contribution in [3.8, 4) is 5.75 Å². The summed E-state index contributed by atoms with van der Waals surface area (Å²) in [4.78, 5) is 15.8. The van der Waals surface area contributed by atoms with E-state index in [1.54, 1.807) is 12.4 Å². The molecular weight excluding hydrogens is 278 g/mol. The van der Waals surface area contributed by atoms with E-state index in [1.165, 1.54) is 0 Å². The van der Waals surface area contributed by atoms with Gasteiger partial charge in [-0.15, -0.1) is 0 Å². The van der Waals surface area contributed by atoms with Gasteiger partial charge in [0.25, 0.3) is 5.91 Å². The van der Waals surface area contributed by atoms with Crippen LogP contribution in [-0.2, 0) is 4.79 Å². The summed E-state index contributed by atoms with van der Waals surface area (Å²) in [5, 5.41) is 4.04. The molecule has 0 bridgehead atoms. The number of hydrogen-bond acceptors (Lipinski definition) is 4. The van der Waals surface area contributed by atoms with Crippen molar-refractivity contribution in [1.82, 2.24) is 10.4 Å². The lowest BCUT2D eigenvalue weighted by molar-refractivity contribution is -0.123. The van der Waals surface area contributed by atoms with Gasteiger partial charge in [-0.2, -0.15) is 5.10 Å². The maximum absolute atomic E-state index is 11.8. The van der Waals surface area contributed by atoms with Crippen LogP contribution in [0.4, 0.5) is 0 Å². The van der Waals surface area contributed by atoms with Crippen LogP contribution in [0.25, 0.3) is 0 Å². The molecule has 1 N–H and O–H groups in total. The van der Waals surface area contributed by atoms with Gasteiger partial charge in [-0.1, -0.05) is 18.2 Å². The van der Waals surface area contributed by atoms with Gasteiger partial charge < -0.3 is 4.74 Å². The Kier molecular flexibility index (Phi) is 5.25. The van der Waals surface area contributed by atoms with Gasteiger partial charge in [0.2, 0.25) is 0 Å². The highest BCUT2D eigenvalue weighted by Gasteiger charge is 2.05. The molecule has 1 aromatic heterocycles. The molecule has 2 aromatic rings. The van der Waals surface area contributed by atoms with Crippen LogP contribution in [0.1, 0.15) is 23.6 Å². The third kappa shape index (κ3) is 4.41. The zero-order valence-corrected chi connectivity index (χ0v) is 13.0. The Morgan fingerprint density at radius 1 is 1.32 bits per heavy atom. The van der Waals surface area contributed by atoms with Crippen molar-refractivity contribution in [2.75, 3.05) is 6.61 Å². The Labute approximate surface area is 130 Å². The van der Waals surface area contributed by atoms with Crippen molar-refractivity contribution in [2.45, 2.75) is 20.8 Å². The van der Waals surface area contributed by atoms with Crippen LogP contribution in [0.5, 0.6) is 5.75 Å². The summed E-state index contributed by atoms with van der Waals surface area (Å²) >= 11 is 0. The van der Waals surface area contributed by atoms with Crippen molar-refractivity contribution < 1.29 is 9.53 Å². The summed E-state index contributed by atoms with van der Waals surface area (Å²) in [7, 11) is 0. The van der Waals surface area contributed by atoms with Gasteiger partial charge in [-0.05, 0) is 44.0 Å². The number of carbonyl (C=O) groups excluding carboxylic acids is 1. The van der Waals surface area contributed by atoms with E-state index in [1.807, 2.05) is 51.1 Å². The van der Waals surface area contributed by atoms with Gasteiger partial charge in [0.15, 0.2) is 6.61 Å². The second-order valence-electron chi connectivity index (χ2n) is 5.03. The number of benzene rings is 1. The van der Waals surface area contributed by atoms with Crippen molar-refractivity contribution in [3.63, 3.8) is 0 Å². The summed E-state index contributed by atoms with van der Waals surface area (Å²) < 4.78 is 5.52. The molecule has 5 nitrogen and oxygen atoms in total. The molecule has 1 amide bonds. The van der Waals surface area contributed by atoms with E-state index in [0.29, 0.717) is 11.5 Å². The van der Waals surface area contributed by atoms with E-state index >= 15 is 0 Å².